The van der Waals surface area contributed by atoms with Crippen LogP contribution in [0.2, 0.25) is 0 Å². The first-order valence-electron chi connectivity index (χ1n) is 9.56. The Bertz CT molecular complexity index is 595. The van der Waals surface area contributed by atoms with E-state index >= 15 is 0 Å². The number of benzene rings is 1. The maximum Gasteiger partial charge on any atom is 0.120 e. The van der Waals surface area contributed by atoms with E-state index in [9.17, 15) is 4.79 Å². The molecule has 144 valence electrons. The van der Waals surface area contributed by atoms with Gasteiger partial charge in [0.25, 0.3) is 0 Å². The van der Waals surface area contributed by atoms with Crippen LogP contribution in [0.3, 0.4) is 0 Å². The van der Waals surface area contributed by atoms with E-state index in [0.717, 1.165) is 25.7 Å². The van der Waals surface area contributed by atoms with Crippen LogP contribution in [0.1, 0.15) is 51.6 Å². The van der Waals surface area contributed by atoms with E-state index in [4.69, 9.17) is 0 Å². The summed E-state index contributed by atoms with van der Waals surface area (Å²) in [6, 6.07) is 11.1. The van der Waals surface area contributed by atoms with Gasteiger partial charge < -0.3 is 4.79 Å². The van der Waals surface area contributed by atoms with Crippen LogP contribution in [0.4, 0.5) is 0 Å². The average Bonchev–Trinajstić information content (AvgIpc) is 2.63. The third-order valence-corrected chi connectivity index (χ3v) is 6.04. The van der Waals surface area contributed by atoms with E-state index < -0.39 is 0 Å². The molecule has 0 heterocycles. The van der Waals surface area contributed by atoms with Gasteiger partial charge in [-0.25, -0.2) is 0 Å². The molecule has 1 aliphatic carbocycles. The Balaban J connectivity index is 0.00000338. The summed E-state index contributed by atoms with van der Waals surface area (Å²) < 4.78 is 0. The molecule has 3 heteroatoms. The highest BCUT2D eigenvalue weighted by molar-refractivity contribution is 5.85. The molecular weight excluding hydrogens is 342 g/mol. The molecule has 1 aromatic carbocycles. The molecule has 0 N–H and O–H groups in total. The molecule has 2 nitrogen and oxygen atoms in total. The van der Waals surface area contributed by atoms with Crippen molar-refractivity contribution in [1.82, 2.24) is 4.90 Å². The predicted molar refractivity (Wildman–Crippen MR) is 114 cm³/mol. The molecule has 0 bridgehead atoms. The fourth-order valence-corrected chi connectivity index (χ4v) is 4.13. The lowest BCUT2D eigenvalue weighted by Gasteiger charge is -2.42. The zero-order chi connectivity index (χ0) is 18.3. The van der Waals surface area contributed by atoms with Crippen molar-refractivity contribution in [1.29, 1.82) is 0 Å². The zero-order valence-corrected chi connectivity index (χ0v) is 17.4. The molecule has 3 atom stereocenters. The summed E-state index contributed by atoms with van der Waals surface area (Å²) >= 11 is 0. The summed E-state index contributed by atoms with van der Waals surface area (Å²) in [5, 5.41) is 0. The molecule has 3 unspecified atom stereocenters. The van der Waals surface area contributed by atoms with Crippen molar-refractivity contribution in [2.75, 3.05) is 13.6 Å². The van der Waals surface area contributed by atoms with Gasteiger partial charge in [-0.15, -0.1) is 12.4 Å². The lowest BCUT2D eigenvalue weighted by atomic mass is 9.62. The highest BCUT2D eigenvalue weighted by atomic mass is 35.5. The van der Waals surface area contributed by atoms with Gasteiger partial charge in [0.1, 0.15) is 6.29 Å². The third-order valence-electron chi connectivity index (χ3n) is 6.04. The summed E-state index contributed by atoms with van der Waals surface area (Å²) in [4.78, 5) is 13.6. The second-order valence-corrected chi connectivity index (χ2v) is 7.69. The Hall–Kier alpha value is -1.38. The van der Waals surface area contributed by atoms with Gasteiger partial charge in [-0.05, 0) is 56.2 Å². The maximum atomic E-state index is 11.1. The van der Waals surface area contributed by atoms with Gasteiger partial charge in [0, 0.05) is 12.5 Å². The van der Waals surface area contributed by atoms with Gasteiger partial charge in [0.15, 0.2) is 0 Å². The second kappa shape index (κ2) is 10.7. The first-order valence-corrected chi connectivity index (χ1v) is 9.56. The molecule has 0 aliphatic heterocycles. The lowest BCUT2D eigenvalue weighted by Crippen LogP contribution is -2.36. The number of aldehydes is 1. The van der Waals surface area contributed by atoms with Crippen LogP contribution in [0.15, 0.2) is 54.6 Å². The maximum absolute atomic E-state index is 11.1. The molecular formula is C23H34ClNO. The van der Waals surface area contributed by atoms with Crippen LogP contribution < -0.4 is 0 Å². The van der Waals surface area contributed by atoms with Crippen LogP contribution in [0, 0.1) is 17.3 Å². The van der Waals surface area contributed by atoms with Gasteiger partial charge in [0.05, 0.1) is 0 Å². The SMILES string of the molecule is CC(c1ccccc1)N(C)CCCC1(C(C)C)C=CC=CC1CC=O.Cl. The summed E-state index contributed by atoms with van der Waals surface area (Å²) in [7, 11) is 2.21. The molecule has 1 aromatic rings. The Kier molecular flexibility index (Phi) is 9.32. The van der Waals surface area contributed by atoms with Gasteiger partial charge in [-0.3, -0.25) is 4.90 Å². The lowest BCUT2D eigenvalue weighted by molar-refractivity contribution is -0.109. The summed E-state index contributed by atoms with van der Waals surface area (Å²) in [5.74, 6) is 0.849. The molecule has 26 heavy (non-hydrogen) atoms. The summed E-state index contributed by atoms with van der Waals surface area (Å²) in [5.41, 5.74) is 1.47. The molecule has 0 fully saturated rings. The molecule has 0 saturated heterocycles. The smallest absolute Gasteiger partial charge is 0.120 e. The van der Waals surface area contributed by atoms with Crippen LogP contribution >= 0.6 is 12.4 Å². The number of halogens is 1. The van der Waals surface area contributed by atoms with E-state index in [1.807, 2.05) is 0 Å². The van der Waals surface area contributed by atoms with Crippen LogP contribution in [0.5, 0.6) is 0 Å². The first kappa shape index (κ1) is 22.7. The Morgan fingerprint density at radius 1 is 1.15 bits per heavy atom. The largest absolute Gasteiger partial charge is 0.303 e. The highest BCUT2D eigenvalue weighted by Crippen LogP contribution is 2.45. The van der Waals surface area contributed by atoms with Crippen LogP contribution in [0.25, 0.3) is 0 Å². The normalized spacial score (nSPS) is 23.1. The minimum Gasteiger partial charge on any atom is -0.303 e. The van der Waals surface area contributed by atoms with Crippen molar-refractivity contribution < 1.29 is 4.79 Å². The Morgan fingerprint density at radius 3 is 2.46 bits per heavy atom. The zero-order valence-electron chi connectivity index (χ0n) is 16.6. The molecule has 0 saturated carbocycles. The number of rotatable bonds is 9. The minimum absolute atomic E-state index is 0. The predicted octanol–water partition coefficient (Wildman–Crippen LogP) is 5.86. The number of nitrogens with zero attached hydrogens (tertiary/aromatic N) is 1. The van der Waals surface area contributed by atoms with Crippen molar-refractivity contribution in [2.45, 2.75) is 46.1 Å². The van der Waals surface area contributed by atoms with E-state index in [2.05, 4.69) is 87.4 Å². The van der Waals surface area contributed by atoms with Crippen LogP contribution in [-0.4, -0.2) is 24.8 Å². The molecule has 0 radical (unpaired) electrons. The minimum atomic E-state index is 0. The van der Waals surface area contributed by atoms with Gasteiger partial charge >= 0.3 is 0 Å². The molecule has 0 amide bonds. The average molecular weight is 376 g/mol. The van der Waals surface area contributed by atoms with E-state index in [1.54, 1.807) is 0 Å². The van der Waals surface area contributed by atoms with Crippen molar-refractivity contribution in [3.63, 3.8) is 0 Å². The van der Waals surface area contributed by atoms with Crippen LogP contribution in [-0.2, 0) is 4.79 Å². The second-order valence-electron chi connectivity index (χ2n) is 7.69. The van der Waals surface area contributed by atoms with Crippen molar-refractivity contribution in [3.8, 4) is 0 Å². The summed E-state index contributed by atoms with van der Waals surface area (Å²) in [6.45, 7) is 7.91. The quantitative estimate of drug-likeness (QED) is 0.504. The number of hydrogen-bond acceptors (Lipinski definition) is 2. The Labute approximate surface area is 165 Å². The van der Waals surface area contributed by atoms with Gasteiger partial charge in [-0.2, -0.15) is 0 Å². The highest BCUT2D eigenvalue weighted by Gasteiger charge is 2.38. The third kappa shape index (κ3) is 5.31. The fourth-order valence-electron chi connectivity index (χ4n) is 4.13. The topological polar surface area (TPSA) is 20.3 Å². The number of carbonyl (C=O) groups excluding carboxylic acids is 1. The van der Waals surface area contributed by atoms with E-state index in [1.165, 1.54) is 5.56 Å². The fraction of sp³-hybridized carbons (Fsp3) is 0.522. The molecule has 0 spiro atoms. The van der Waals surface area contributed by atoms with Crippen molar-refractivity contribution in [3.05, 3.63) is 60.2 Å². The number of allylic oxidation sites excluding steroid dienone is 4. The number of carbonyl (C=O) groups is 1. The van der Waals surface area contributed by atoms with E-state index in [-0.39, 0.29) is 17.8 Å². The van der Waals surface area contributed by atoms with Crippen molar-refractivity contribution in [2.24, 2.45) is 17.3 Å². The Morgan fingerprint density at radius 2 is 1.85 bits per heavy atom. The molecule has 2 rings (SSSR count). The van der Waals surface area contributed by atoms with Gasteiger partial charge in [-0.1, -0.05) is 68.5 Å². The number of hydrogen-bond donors (Lipinski definition) is 0. The monoisotopic (exact) mass is 375 g/mol. The first-order chi connectivity index (χ1) is 12.0. The van der Waals surface area contributed by atoms with E-state index in [0.29, 0.717) is 24.3 Å². The standard InChI is InChI=1S/C23H33NO.ClH/c1-19(2)23(15-9-8-13-22(23)14-18-25)16-10-17-24(4)20(3)21-11-6-5-7-12-21;/h5-9,11-13,15,18-20,22H,10,14,16-17H2,1-4H3;1H. The molecule has 0 aromatic heterocycles. The summed E-state index contributed by atoms with van der Waals surface area (Å²) in [6.07, 6.45) is 12.8. The molecule has 1 aliphatic rings. The van der Waals surface area contributed by atoms with Gasteiger partial charge in [0.2, 0.25) is 0 Å². The van der Waals surface area contributed by atoms with Crippen molar-refractivity contribution >= 4 is 18.7 Å².